The van der Waals surface area contributed by atoms with Crippen LogP contribution in [-0.4, -0.2) is 29.1 Å². The molecule has 132 valence electrons. The van der Waals surface area contributed by atoms with Crippen LogP contribution in [0.2, 0.25) is 0 Å². The molecular weight excluding hydrogens is 391 g/mol. The monoisotopic (exact) mass is 408 g/mol. The molecule has 0 aliphatic heterocycles. The van der Waals surface area contributed by atoms with Gasteiger partial charge < -0.3 is 15.4 Å². The van der Waals surface area contributed by atoms with Crippen LogP contribution in [0.25, 0.3) is 0 Å². The normalized spacial score (nSPS) is 14.4. The molecule has 8 heteroatoms. The molecule has 0 unspecified atom stereocenters. The number of hydrogen-bond donors (Lipinski definition) is 2. The molecule has 1 fully saturated rings. The third-order valence-electron chi connectivity index (χ3n) is 4.07. The molecule has 6 nitrogen and oxygen atoms in total. The largest absolute Gasteiger partial charge is 0.465 e. The minimum Gasteiger partial charge on any atom is -0.465 e. The van der Waals surface area contributed by atoms with Gasteiger partial charge in [-0.1, -0.05) is 12.8 Å². The van der Waals surface area contributed by atoms with E-state index in [4.69, 9.17) is 4.74 Å². The number of hydrogen-bond acceptors (Lipinski definition) is 6. The first kappa shape index (κ1) is 17.6. The van der Waals surface area contributed by atoms with Gasteiger partial charge in [0.25, 0.3) is 0 Å². The lowest BCUT2D eigenvalue weighted by Gasteiger charge is -2.14. The lowest BCUT2D eigenvalue weighted by Crippen LogP contribution is -2.17. The Morgan fingerprint density at radius 3 is 2.84 bits per heavy atom. The molecule has 0 atom stereocenters. The van der Waals surface area contributed by atoms with Crippen molar-refractivity contribution >= 4 is 39.4 Å². The van der Waals surface area contributed by atoms with Crippen molar-refractivity contribution in [2.75, 3.05) is 17.7 Å². The van der Waals surface area contributed by atoms with Gasteiger partial charge in [0.05, 0.1) is 18.9 Å². The first-order valence-corrected chi connectivity index (χ1v) is 8.80. The molecule has 1 saturated carbocycles. The average Bonchev–Trinajstić information content (AvgIpc) is 3.12. The average molecular weight is 409 g/mol. The summed E-state index contributed by atoms with van der Waals surface area (Å²) < 4.78 is 19.3. The number of halogens is 2. The summed E-state index contributed by atoms with van der Waals surface area (Å²) in [4.78, 5) is 19.9. The van der Waals surface area contributed by atoms with Crippen molar-refractivity contribution in [3.8, 4) is 0 Å². The van der Waals surface area contributed by atoms with Crippen molar-refractivity contribution in [3.05, 3.63) is 40.2 Å². The van der Waals surface area contributed by atoms with Gasteiger partial charge in [-0.05, 0) is 47.0 Å². The van der Waals surface area contributed by atoms with Gasteiger partial charge in [-0.3, -0.25) is 0 Å². The quantitative estimate of drug-likeness (QED) is 0.719. The summed E-state index contributed by atoms with van der Waals surface area (Å²) in [5.41, 5.74) is 0.973. The maximum atomic E-state index is 13.9. The van der Waals surface area contributed by atoms with Crippen molar-refractivity contribution in [2.45, 2.75) is 31.7 Å². The fraction of sp³-hybridized carbons (Fsp3) is 0.353. The van der Waals surface area contributed by atoms with Gasteiger partial charge in [0, 0.05) is 16.2 Å². The molecule has 1 aliphatic carbocycles. The highest BCUT2D eigenvalue weighted by Gasteiger charge is 2.18. The van der Waals surface area contributed by atoms with Crippen LogP contribution >= 0.6 is 15.9 Å². The van der Waals surface area contributed by atoms with E-state index in [1.807, 2.05) is 0 Å². The lowest BCUT2D eigenvalue weighted by molar-refractivity contribution is 0.0599. The molecule has 0 spiro atoms. The van der Waals surface area contributed by atoms with Crippen LogP contribution in [0, 0.1) is 5.82 Å². The predicted octanol–water partition coefficient (Wildman–Crippen LogP) is 4.26. The van der Waals surface area contributed by atoms with E-state index in [9.17, 15) is 9.18 Å². The number of carbonyl (C=O) groups is 1. The molecular formula is C17H18BrFN4O2. The van der Waals surface area contributed by atoms with Crippen molar-refractivity contribution in [1.29, 1.82) is 0 Å². The van der Waals surface area contributed by atoms with Crippen LogP contribution in [0.4, 0.5) is 21.8 Å². The zero-order chi connectivity index (χ0) is 17.8. The van der Waals surface area contributed by atoms with E-state index in [0.717, 1.165) is 31.9 Å². The van der Waals surface area contributed by atoms with E-state index in [1.165, 1.54) is 7.11 Å². The SMILES string of the molecule is COC(=O)c1cc(Nc2ncc(F)c(NC3CCCC3)n2)ccc1Br. The van der Waals surface area contributed by atoms with Gasteiger partial charge in [0.2, 0.25) is 5.95 Å². The third kappa shape index (κ3) is 4.25. The Hall–Kier alpha value is -2.22. The Balaban J connectivity index is 1.79. The summed E-state index contributed by atoms with van der Waals surface area (Å²) >= 11 is 3.31. The van der Waals surface area contributed by atoms with Gasteiger partial charge in [0.15, 0.2) is 11.6 Å². The molecule has 2 aromatic rings. The molecule has 1 aromatic carbocycles. The third-order valence-corrected chi connectivity index (χ3v) is 4.76. The number of ether oxygens (including phenoxy) is 1. The fourth-order valence-electron chi connectivity index (χ4n) is 2.79. The number of nitrogens with one attached hydrogen (secondary N) is 2. The zero-order valence-electron chi connectivity index (χ0n) is 13.7. The Morgan fingerprint density at radius 2 is 2.12 bits per heavy atom. The van der Waals surface area contributed by atoms with Crippen molar-refractivity contribution in [2.24, 2.45) is 0 Å². The standard InChI is InChI=1S/C17H18BrFN4O2/c1-25-16(24)12-8-11(6-7-13(12)18)22-17-20-9-14(19)15(23-17)21-10-4-2-3-5-10/h6-10H,2-5H2,1H3,(H2,20,21,22,23). The minimum absolute atomic E-state index is 0.190. The lowest BCUT2D eigenvalue weighted by atomic mass is 10.2. The van der Waals surface area contributed by atoms with Crippen LogP contribution in [-0.2, 0) is 4.74 Å². The second-order valence-corrected chi connectivity index (χ2v) is 6.68. The van der Waals surface area contributed by atoms with Crippen LogP contribution < -0.4 is 10.6 Å². The smallest absolute Gasteiger partial charge is 0.339 e. The summed E-state index contributed by atoms with van der Waals surface area (Å²) in [5, 5.41) is 6.12. The zero-order valence-corrected chi connectivity index (χ0v) is 15.3. The number of nitrogens with zero attached hydrogens (tertiary/aromatic N) is 2. The van der Waals surface area contributed by atoms with Gasteiger partial charge in [-0.2, -0.15) is 4.98 Å². The first-order chi connectivity index (χ1) is 12.1. The van der Waals surface area contributed by atoms with Crippen molar-refractivity contribution in [1.82, 2.24) is 9.97 Å². The highest BCUT2D eigenvalue weighted by Crippen LogP contribution is 2.25. The van der Waals surface area contributed by atoms with Crippen LogP contribution in [0.1, 0.15) is 36.0 Å². The molecule has 0 amide bonds. The number of benzene rings is 1. The minimum atomic E-state index is -0.483. The number of anilines is 3. The van der Waals surface area contributed by atoms with Crippen molar-refractivity contribution in [3.63, 3.8) is 0 Å². The Bertz CT molecular complexity index is 781. The molecule has 25 heavy (non-hydrogen) atoms. The topological polar surface area (TPSA) is 76.1 Å². The Labute approximate surface area is 153 Å². The fourth-order valence-corrected chi connectivity index (χ4v) is 3.20. The second kappa shape index (κ2) is 7.77. The molecule has 0 radical (unpaired) electrons. The molecule has 0 saturated heterocycles. The van der Waals surface area contributed by atoms with E-state index < -0.39 is 11.8 Å². The first-order valence-electron chi connectivity index (χ1n) is 8.01. The molecule has 0 bridgehead atoms. The Kier molecular flexibility index (Phi) is 5.47. The van der Waals surface area contributed by atoms with E-state index in [-0.39, 0.29) is 17.8 Å². The predicted molar refractivity (Wildman–Crippen MR) is 96.6 cm³/mol. The summed E-state index contributed by atoms with van der Waals surface area (Å²) in [6.07, 6.45) is 5.45. The molecule has 1 aliphatic rings. The summed E-state index contributed by atoms with van der Waals surface area (Å²) in [6.45, 7) is 0. The van der Waals surface area contributed by atoms with E-state index in [1.54, 1.807) is 18.2 Å². The number of aromatic nitrogens is 2. The van der Waals surface area contributed by atoms with E-state index >= 15 is 0 Å². The molecule has 1 aromatic heterocycles. The van der Waals surface area contributed by atoms with Crippen molar-refractivity contribution < 1.29 is 13.9 Å². The molecule has 3 rings (SSSR count). The summed E-state index contributed by atoms with van der Waals surface area (Å²) in [6, 6.07) is 5.34. The number of carbonyl (C=O) groups excluding carboxylic acids is 1. The highest BCUT2D eigenvalue weighted by atomic mass is 79.9. The maximum Gasteiger partial charge on any atom is 0.339 e. The molecule has 2 N–H and O–H groups in total. The van der Waals surface area contributed by atoms with E-state index in [2.05, 4.69) is 36.5 Å². The second-order valence-electron chi connectivity index (χ2n) is 5.83. The van der Waals surface area contributed by atoms with Gasteiger partial charge in [-0.15, -0.1) is 0 Å². The van der Waals surface area contributed by atoms with Crippen LogP contribution in [0.5, 0.6) is 0 Å². The van der Waals surface area contributed by atoms with Gasteiger partial charge >= 0.3 is 5.97 Å². The summed E-state index contributed by atoms with van der Waals surface area (Å²) in [5.74, 6) is -0.502. The van der Waals surface area contributed by atoms with Gasteiger partial charge in [-0.25, -0.2) is 14.2 Å². The van der Waals surface area contributed by atoms with E-state index in [0.29, 0.717) is 15.7 Å². The highest BCUT2D eigenvalue weighted by molar-refractivity contribution is 9.10. The van der Waals surface area contributed by atoms with Crippen LogP contribution in [0.3, 0.4) is 0 Å². The maximum absolute atomic E-state index is 13.9. The summed E-state index contributed by atoms with van der Waals surface area (Å²) in [7, 11) is 1.32. The molecule has 1 heterocycles. The van der Waals surface area contributed by atoms with Gasteiger partial charge in [0.1, 0.15) is 0 Å². The number of rotatable bonds is 5. The number of methoxy groups -OCH3 is 1. The Morgan fingerprint density at radius 1 is 1.36 bits per heavy atom. The number of esters is 1. The van der Waals surface area contributed by atoms with Crippen LogP contribution in [0.15, 0.2) is 28.9 Å².